The first-order valence-corrected chi connectivity index (χ1v) is 6.93. The molecule has 9 heteroatoms. The second kappa shape index (κ2) is 6.26. The highest BCUT2D eigenvalue weighted by atomic mass is 19.4. The molecule has 0 fully saturated rings. The van der Waals surface area contributed by atoms with E-state index in [1.165, 1.54) is 18.8 Å². The predicted molar refractivity (Wildman–Crippen MR) is 78.8 cm³/mol. The van der Waals surface area contributed by atoms with Gasteiger partial charge in [0.15, 0.2) is 17.9 Å². The number of alkyl halides is 3. The Hall–Kier alpha value is -2.97. The van der Waals surface area contributed by atoms with Crippen molar-refractivity contribution in [1.29, 1.82) is 0 Å². The van der Waals surface area contributed by atoms with Crippen molar-refractivity contribution >= 4 is 5.82 Å². The van der Waals surface area contributed by atoms with Crippen LogP contribution in [0.2, 0.25) is 0 Å². The summed E-state index contributed by atoms with van der Waals surface area (Å²) in [5.74, 6) is 0.597. The quantitative estimate of drug-likeness (QED) is 0.787. The fraction of sp³-hybridized carbons (Fsp3) is 0.200. The summed E-state index contributed by atoms with van der Waals surface area (Å²) in [5.41, 5.74) is 0.00749. The van der Waals surface area contributed by atoms with Crippen molar-refractivity contribution in [2.45, 2.75) is 19.6 Å². The van der Waals surface area contributed by atoms with Gasteiger partial charge >= 0.3 is 6.18 Å². The third-order valence-electron chi connectivity index (χ3n) is 3.24. The topological polar surface area (TPSA) is 76.7 Å². The monoisotopic (exact) mass is 335 g/mol. The van der Waals surface area contributed by atoms with Gasteiger partial charge in [0.25, 0.3) is 0 Å². The van der Waals surface area contributed by atoms with Crippen molar-refractivity contribution in [3.63, 3.8) is 0 Å². The predicted octanol–water partition coefficient (Wildman–Crippen LogP) is 3.47. The maximum absolute atomic E-state index is 13.1. The van der Waals surface area contributed by atoms with Crippen LogP contribution in [-0.4, -0.2) is 19.9 Å². The van der Waals surface area contributed by atoms with Crippen molar-refractivity contribution in [2.75, 3.05) is 5.32 Å². The molecule has 3 rings (SSSR count). The molecule has 0 amide bonds. The van der Waals surface area contributed by atoms with E-state index in [1.807, 2.05) is 0 Å². The summed E-state index contributed by atoms with van der Waals surface area (Å²) in [6, 6.07) is 3.95. The first-order chi connectivity index (χ1) is 11.4. The van der Waals surface area contributed by atoms with Crippen LogP contribution < -0.4 is 5.32 Å². The van der Waals surface area contributed by atoms with Crippen LogP contribution in [0, 0.1) is 6.92 Å². The Morgan fingerprint density at radius 2 is 1.92 bits per heavy atom. The fourth-order valence-corrected chi connectivity index (χ4v) is 1.99. The molecular weight excluding hydrogens is 323 g/mol. The number of halogens is 3. The van der Waals surface area contributed by atoms with E-state index in [-0.39, 0.29) is 18.2 Å². The van der Waals surface area contributed by atoms with Gasteiger partial charge < -0.3 is 9.73 Å². The smallest absolute Gasteiger partial charge is 0.433 e. The molecular formula is C15H12F3N5O. The lowest BCUT2D eigenvalue weighted by Gasteiger charge is -2.11. The fourth-order valence-electron chi connectivity index (χ4n) is 1.99. The maximum atomic E-state index is 13.1. The standard InChI is InChI=1S/C15H12F3N5O/c1-9-11(21-8-24-9)7-20-13-6-12(15(16,17)18)22-14(23-13)10-2-4-19-5-3-10/h2-6,8H,7H2,1H3,(H,20,22,23). The van der Waals surface area contributed by atoms with Gasteiger partial charge in [0, 0.05) is 24.0 Å². The highest BCUT2D eigenvalue weighted by Crippen LogP contribution is 2.30. The van der Waals surface area contributed by atoms with E-state index in [0.717, 1.165) is 6.07 Å². The molecule has 0 atom stereocenters. The van der Waals surface area contributed by atoms with Gasteiger partial charge in [0.05, 0.1) is 6.54 Å². The third kappa shape index (κ3) is 3.50. The first kappa shape index (κ1) is 15.9. The van der Waals surface area contributed by atoms with Crippen LogP contribution >= 0.6 is 0 Å². The Balaban J connectivity index is 1.94. The molecule has 0 unspecified atom stereocenters. The summed E-state index contributed by atoms with van der Waals surface area (Å²) in [4.78, 5) is 15.5. The molecule has 0 spiro atoms. The highest BCUT2D eigenvalue weighted by Gasteiger charge is 2.33. The van der Waals surface area contributed by atoms with Gasteiger partial charge in [0.1, 0.15) is 17.3 Å². The summed E-state index contributed by atoms with van der Waals surface area (Å²) in [7, 11) is 0. The van der Waals surface area contributed by atoms with E-state index in [2.05, 4.69) is 25.3 Å². The molecule has 0 aliphatic carbocycles. The first-order valence-electron chi connectivity index (χ1n) is 6.93. The minimum atomic E-state index is -4.58. The third-order valence-corrected chi connectivity index (χ3v) is 3.24. The van der Waals surface area contributed by atoms with Crippen molar-refractivity contribution in [1.82, 2.24) is 19.9 Å². The summed E-state index contributed by atoms with van der Waals surface area (Å²) < 4.78 is 44.3. The number of aromatic nitrogens is 4. The number of aryl methyl sites for hydroxylation is 1. The normalized spacial score (nSPS) is 11.5. The molecule has 1 N–H and O–H groups in total. The SMILES string of the molecule is Cc1ocnc1CNc1cc(C(F)(F)F)nc(-c2ccncc2)n1. The Morgan fingerprint density at radius 1 is 1.17 bits per heavy atom. The summed E-state index contributed by atoms with van der Waals surface area (Å²) in [6.45, 7) is 1.90. The van der Waals surface area contributed by atoms with Crippen LogP contribution in [0.15, 0.2) is 41.4 Å². The van der Waals surface area contributed by atoms with E-state index >= 15 is 0 Å². The molecule has 124 valence electrons. The largest absolute Gasteiger partial charge is 0.448 e. The number of hydrogen-bond acceptors (Lipinski definition) is 6. The van der Waals surface area contributed by atoms with E-state index in [9.17, 15) is 13.2 Å². The molecule has 6 nitrogen and oxygen atoms in total. The number of anilines is 1. The number of pyridine rings is 1. The summed E-state index contributed by atoms with van der Waals surface area (Å²) in [5, 5.41) is 2.82. The molecule has 0 aliphatic rings. The number of nitrogens with one attached hydrogen (secondary N) is 1. The van der Waals surface area contributed by atoms with Crippen molar-refractivity contribution in [3.05, 3.63) is 54.1 Å². The molecule has 3 aromatic heterocycles. The van der Waals surface area contributed by atoms with Gasteiger partial charge in [-0.1, -0.05) is 0 Å². The minimum absolute atomic E-state index is 0.0356. The summed E-state index contributed by atoms with van der Waals surface area (Å²) in [6.07, 6.45) is -0.379. The zero-order valence-electron chi connectivity index (χ0n) is 12.5. The number of rotatable bonds is 4. The number of nitrogens with zero attached hydrogens (tertiary/aromatic N) is 4. The molecule has 3 aromatic rings. The Bertz CT molecular complexity index is 833. The lowest BCUT2D eigenvalue weighted by atomic mass is 10.2. The average Bonchev–Trinajstić information content (AvgIpc) is 2.98. The van der Waals surface area contributed by atoms with Gasteiger partial charge in [-0.25, -0.2) is 15.0 Å². The lowest BCUT2D eigenvalue weighted by molar-refractivity contribution is -0.141. The zero-order valence-corrected chi connectivity index (χ0v) is 12.5. The number of oxazole rings is 1. The van der Waals surface area contributed by atoms with Crippen molar-refractivity contribution in [3.8, 4) is 11.4 Å². The van der Waals surface area contributed by atoms with E-state index in [1.54, 1.807) is 19.1 Å². The molecule has 3 heterocycles. The van der Waals surface area contributed by atoms with Gasteiger partial charge in [-0.15, -0.1) is 0 Å². The Kier molecular flexibility index (Phi) is 4.15. The van der Waals surface area contributed by atoms with Gasteiger partial charge in [-0.3, -0.25) is 4.98 Å². The van der Waals surface area contributed by atoms with Crippen molar-refractivity contribution in [2.24, 2.45) is 0 Å². The highest BCUT2D eigenvalue weighted by molar-refractivity contribution is 5.57. The van der Waals surface area contributed by atoms with Crippen LogP contribution in [0.1, 0.15) is 17.1 Å². The van der Waals surface area contributed by atoms with E-state index in [0.29, 0.717) is 17.0 Å². The van der Waals surface area contributed by atoms with Crippen LogP contribution in [0.25, 0.3) is 11.4 Å². The van der Waals surface area contributed by atoms with Crippen LogP contribution in [0.4, 0.5) is 19.0 Å². The van der Waals surface area contributed by atoms with Crippen LogP contribution in [0.3, 0.4) is 0 Å². The second-order valence-electron chi connectivity index (χ2n) is 4.90. The zero-order chi connectivity index (χ0) is 17.2. The molecule has 0 bridgehead atoms. The minimum Gasteiger partial charge on any atom is -0.448 e. The maximum Gasteiger partial charge on any atom is 0.433 e. The van der Waals surface area contributed by atoms with Gasteiger partial charge in [-0.05, 0) is 19.1 Å². The number of hydrogen-bond donors (Lipinski definition) is 1. The second-order valence-corrected chi connectivity index (χ2v) is 4.90. The summed E-state index contributed by atoms with van der Waals surface area (Å²) >= 11 is 0. The molecule has 0 radical (unpaired) electrons. The van der Waals surface area contributed by atoms with Crippen LogP contribution in [0.5, 0.6) is 0 Å². The average molecular weight is 335 g/mol. The molecule has 0 aromatic carbocycles. The Morgan fingerprint density at radius 3 is 2.54 bits per heavy atom. The molecule has 0 aliphatic heterocycles. The van der Waals surface area contributed by atoms with E-state index < -0.39 is 11.9 Å². The van der Waals surface area contributed by atoms with Crippen molar-refractivity contribution < 1.29 is 17.6 Å². The molecule has 0 saturated heterocycles. The molecule has 24 heavy (non-hydrogen) atoms. The van der Waals surface area contributed by atoms with E-state index in [4.69, 9.17) is 4.42 Å². The Labute approximate surface area is 134 Å². The van der Waals surface area contributed by atoms with Gasteiger partial charge in [0.2, 0.25) is 0 Å². The molecule has 0 saturated carbocycles. The van der Waals surface area contributed by atoms with Gasteiger partial charge in [-0.2, -0.15) is 13.2 Å². The lowest BCUT2D eigenvalue weighted by Crippen LogP contribution is -2.12. The van der Waals surface area contributed by atoms with Crippen LogP contribution in [-0.2, 0) is 12.7 Å².